The Balaban J connectivity index is 2.51. The molecule has 0 saturated heterocycles. The molecule has 0 bridgehead atoms. The second-order valence-electron chi connectivity index (χ2n) is 3.88. The number of pyridine rings is 1. The Morgan fingerprint density at radius 3 is 2.72 bits per heavy atom. The largest absolute Gasteiger partial charge is 0.494 e. The summed E-state index contributed by atoms with van der Waals surface area (Å²) in [5.74, 6) is 0.729. The summed E-state index contributed by atoms with van der Waals surface area (Å²) in [6, 6.07) is 10.6. The summed E-state index contributed by atoms with van der Waals surface area (Å²) < 4.78 is 6.95. The lowest BCUT2D eigenvalue weighted by molar-refractivity contribution is 0.340. The van der Waals surface area contributed by atoms with Crippen molar-refractivity contribution in [1.29, 1.82) is 0 Å². The third kappa shape index (κ3) is 2.41. The number of hydrogen-bond acceptors (Lipinski definition) is 2. The molecule has 0 aliphatic carbocycles. The van der Waals surface area contributed by atoms with Gasteiger partial charge in [-0.05, 0) is 31.2 Å². The van der Waals surface area contributed by atoms with Crippen molar-refractivity contribution in [2.45, 2.75) is 6.92 Å². The zero-order chi connectivity index (χ0) is 13.1. The fraction of sp³-hybridized carbons (Fsp3) is 0.214. The first-order valence-electron chi connectivity index (χ1n) is 5.72. The van der Waals surface area contributed by atoms with Crippen LogP contribution in [0, 0.1) is 0 Å². The van der Waals surface area contributed by atoms with Crippen LogP contribution in [-0.2, 0) is 7.05 Å². The van der Waals surface area contributed by atoms with Crippen molar-refractivity contribution in [3.63, 3.8) is 0 Å². The Labute approximate surface area is 111 Å². The molecule has 0 fully saturated rings. The maximum absolute atomic E-state index is 11.6. The van der Waals surface area contributed by atoms with Gasteiger partial charge in [-0.2, -0.15) is 0 Å². The van der Waals surface area contributed by atoms with Crippen molar-refractivity contribution >= 4 is 11.6 Å². The van der Waals surface area contributed by atoms with Gasteiger partial charge < -0.3 is 9.30 Å². The first-order valence-corrected chi connectivity index (χ1v) is 6.10. The Morgan fingerprint density at radius 1 is 1.28 bits per heavy atom. The van der Waals surface area contributed by atoms with Gasteiger partial charge in [0.2, 0.25) is 0 Å². The van der Waals surface area contributed by atoms with Crippen LogP contribution in [0.15, 0.2) is 41.2 Å². The molecule has 4 heteroatoms. The van der Waals surface area contributed by atoms with Gasteiger partial charge in [0.15, 0.2) is 0 Å². The van der Waals surface area contributed by atoms with Gasteiger partial charge in [-0.15, -0.1) is 0 Å². The zero-order valence-electron chi connectivity index (χ0n) is 10.3. The predicted molar refractivity (Wildman–Crippen MR) is 73.3 cm³/mol. The summed E-state index contributed by atoms with van der Waals surface area (Å²) in [4.78, 5) is 11.6. The second-order valence-corrected chi connectivity index (χ2v) is 4.29. The number of benzene rings is 1. The van der Waals surface area contributed by atoms with Crippen LogP contribution in [0.3, 0.4) is 0 Å². The molecular formula is C14H14ClNO2. The lowest BCUT2D eigenvalue weighted by Crippen LogP contribution is -2.16. The summed E-state index contributed by atoms with van der Waals surface area (Å²) >= 11 is 6.23. The highest BCUT2D eigenvalue weighted by atomic mass is 35.5. The van der Waals surface area contributed by atoms with Gasteiger partial charge in [-0.25, -0.2) is 0 Å². The van der Waals surface area contributed by atoms with Gasteiger partial charge in [0.05, 0.1) is 17.3 Å². The van der Waals surface area contributed by atoms with E-state index in [1.165, 1.54) is 6.07 Å². The van der Waals surface area contributed by atoms with Gasteiger partial charge in [0.25, 0.3) is 5.56 Å². The van der Waals surface area contributed by atoms with Crippen molar-refractivity contribution in [2.75, 3.05) is 6.61 Å². The van der Waals surface area contributed by atoms with E-state index < -0.39 is 0 Å². The van der Waals surface area contributed by atoms with Gasteiger partial charge in [0.1, 0.15) is 5.75 Å². The fourth-order valence-electron chi connectivity index (χ4n) is 1.79. The predicted octanol–water partition coefficient (Wildman–Crippen LogP) is 3.10. The van der Waals surface area contributed by atoms with E-state index in [2.05, 4.69) is 0 Å². The van der Waals surface area contributed by atoms with Gasteiger partial charge in [-0.3, -0.25) is 4.79 Å². The third-order valence-electron chi connectivity index (χ3n) is 2.71. The molecular weight excluding hydrogens is 250 g/mol. The third-order valence-corrected chi connectivity index (χ3v) is 3.03. The van der Waals surface area contributed by atoms with E-state index in [-0.39, 0.29) is 5.56 Å². The van der Waals surface area contributed by atoms with Crippen LogP contribution >= 0.6 is 11.6 Å². The highest BCUT2D eigenvalue weighted by Gasteiger charge is 2.08. The van der Waals surface area contributed by atoms with Gasteiger partial charge in [-0.1, -0.05) is 17.7 Å². The van der Waals surface area contributed by atoms with Crippen molar-refractivity contribution in [3.05, 3.63) is 51.8 Å². The maximum Gasteiger partial charge on any atom is 0.250 e. The average molecular weight is 264 g/mol. The molecule has 1 aromatic carbocycles. The molecule has 0 N–H and O–H groups in total. The van der Waals surface area contributed by atoms with E-state index in [1.807, 2.05) is 25.1 Å². The molecule has 2 rings (SSSR count). The number of halogens is 1. The minimum Gasteiger partial charge on any atom is -0.494 e. The van der Waals surface area contributed by atoms with Crippen LogP contribution in [0.5, 0.6) is 5.75 Å². The maximum atomic E-state index is 11.6. The van der Waals surface area contributed by atoms with E-state index in [0.717, 1.165) is 17.0 Å². The summed E-state index contributed by atoms with van der Waals surface area (Å²) in [7, 11) is 1.73. The van der Waals surface area contributed by atoms with Crippen molar-refractivity contribution in [2.24, 2.45) is 7.05 Å². The summed E-state index contributed by atoms with van der Waals surface area (Å²) in [6.45, 7) is 2.52. The number of ether oxygens (including phenoxy) is 1. The lowest BCUT2D eigenvalue weighted by atomic mass is 10.1. The summed E-state index contributed by atoms with van der Waals surface area (Å²) in [5, 5.41) is 0.571. The SMILES string of the molecule is CCOc1ccc(-c2cccc(=O)n2C)c(Cl)c1. The fourth-order valence-corrected chi connectivity index (χ4v) is 2.06. The molecule has 18 heavy (non-hydrogen) atoms. The minimum absolute atomic E-state index is 0.0579. The normalized spacial score (nSPS) is 10.4. The highest BCUT2D eigenvalue weighted by Crippen LogP contribution is 2.30. The Bertz CT molecular complexity index is 619. The molecule has 0 amide bonds. The molecule has 1 heterocycles. The average Bonchev–Trinajstić information content (AvgIpc) is 2.34. The van der Waals surface area contributed by atoms with E-state index >= 15 is 0 Å². The Hall–Kier alpha value is -1.74. The molecule has 0 aliphatic rings. The van der Waals surface area contributed by atoms with Gasteiger partial charge in [0, 0.05) is 18.7 Å². The molecule has 3 nitrogen and oxygen atoms in total. The molecule has 0 spiro atoms. The molecule has 1 aromatic heterocycles. The first-order chi connectivity index (χ1) is 8.63. The second kappa shape index (κ2) is 5.27. The van der Waals surface area contributed by atoms with Crippen molar-refractivity contribution < 1.29 is 4.74 Å². The van der Waals surface area contributed by atoms with Crippen LogP contribution < -0.4 is 10.3 Å². The molecule has 2 aromatic rings. The number of aromatic nitrogens is 1. The molecule has 0 radical (unpaired) electrons. The van der Waals surface area contributed by atoms with Crippen LogP contribution in [0.25, 0.3) is 11.3 Å². The van der Waals surface area contributed by atoms with E-state index in [1.54, 1.807) is 23.7 Å². The monoisotopic (exact) mass is 263 g/mol. The Morgan fingerprint density at radius 2 is 2.06 bits per heavy atom. The number of rotatable bonds is 3. The molecule has 0 unspecified atom stereocenters. The van der Waals surface area contributed by atoms with Crippen LogP contribution in [-0.4, -0.2) is 11.2 Å². The quantitative estimate of drug-likeness (QED) is 0.852. The van der Waals surface area contributed by atoms with Crippen molar-refractivity contribution in [3.8, 4) is 17.0 Å². The number of nitrogens with zero attached hydrogens (tertiary/aromatic N) is 1. The van der Waals surface area contributed by atoms with E-state index in [0.29, 0.717) is 11.6 Å². The van der Waals surface area contributed by atoms with E-state index in [4.69, 9.17) is 16.3 Å². The summed E-state index contributed by atoms with van der Waals surface area (Å²) in [6.07, 6.45) is 0. The van der Waals surface area contributed by atoms with Crippen LogP contribution in [0.2, 0.25) is 5.02 Å². The smallest absolute Gasteiger partial charge is 0.250 e. The van der Waals surface area contributed by atoms with Crippen LogP contribution in [0.4, 0.5) is 0 Å². The van der Waals surface area contributed by atoms with E-state index in [9.17, 15) is 4.79 Å². The molecule has 0 saturated carbocycles. The Kier molecular flexibility index (Phi) is 3.72. The zero-order valence-corrected chi connectivity index (χ0v) is 11.1. The number of hydrogen-bond donors (Lipinski definition) is 0. The standard InChI is InChI=1S/C14H14ClNO2/c1-3-18-10-7-8-11(12(15)9-10)13-5-4-6-14(17)16(13)2/h4-9H,3H2,1-2H3. The molecule has 0 atom stereocenters. The molecule has 94 valence electrons. The topological polar surface area (TPSA) is 31.2 Å². The van der Waals surface area contributed by atoms with Crippen LogP contribution in [0.1, 0.15) is 6.92 Å². The molecule has 0 aliphatic heterocycles. The minimum atomic E-state index is -0.0579. The summed E-state index contributed by atoms with van der Waals surface area (Å²) in [5.41, 5.74) is 1.55. The highest BCUT2D eigenvalue weighted by molar-refractivity contribution is 6.33. The van der Waals surface area contributed by atoms with Crippen molar-refractivity contribution in [1.82, 2.24) is 4.57 Å². The lowest BCUT2D eigenvalue weighted by Gasteiger charge is -2.11. The van der Waals surface area contributed by atoms with Gasteiger partial charge >= 0.3 is 0 Å². The first kappa shape index (κ1) is 12.7.